The number of carbonyl (C=O) groups is 4. The third kappa shape index (κ3) is 7.21. The number of esters is 2. The van der Waals surface area contributed by atoms with Crippen molar-refractivity contribution in [3.05, 3.63) is 41.6 Å². The van der Waals surface area contributed by atoms with Crippen molar-refractivity contribution in [2.75, 3.05) is 18.5 Å². The standard InChI is InChI=1S/C23H26Cl3N3O6S/c1-12-9-15(21(33)34-11-23(24,25)26)29-18(31)17(19(29)36-12)28-16(30)10-27-14-8-6-5-7-13(14)20(32)35-22(2,3)4/h5-9,12,17,19,27H,10-11H2,1-4H3,(H,28,30)/t12?,17?,19-/m1/s1. The van der Waals surface area contributed by atoms with E-state index in [-0.39, 0.29) is 23.1 Å². The number of nitrogens with zero attached hydrogens (tertiary/aromatic N) is 1. The second kappa shape index (κ2) is 11.1. The zero-order valence-electron chi connectivity index (χ0n) is 20.0. The molecule has 9 nitrogen and oxygen atoms in total. The molecule has 3 rings (SSSR count). The number of β-lactam (4-membered cyclic amide) rings is 1. The maximum absolute atomic E-state index is 12.8. The number of anilines is 1. The van der Waals surface area contributed by atoms with E-state index < -0.39 is 51.2 Å². The topological polar surface area (TPSA) is 114 Å². The summed E-state index contributed by atoms with van der Waals surface area (Å²) in [6.45, 7) is 6.47. The van der Waals surface area contributed by atoms with Gasteiger partial charge in [0.1, 0.15) is 29.3 Å². The van der Waals surface area contributed by atoms with Gasteiger partial charge in [0.2, 0.25) is 9.70 Å². The number of hydrogen-bond acceptors (Lipinski definition) is 8. The van der Waals surface area contributed by atoms with Gasteiger partial charge in [-0.3, -0.25) is 14.5 Å². The van der Waals surface area contributed by atoms with Crippen molar-refractivity contribution in [2.24, 2.45) is 0 Å². The smallest absolute Gasteiger partial charge is 0.354 e. The third-order valence-corrected chi connectivity index (χ3v) is 6.58. The van der Waals surface area contributed by atoms with Gasteiger partial charge in [-0.15, -0.1) is 11.8 Å². The molecule has 0 aliphatic carbocycles. The number of ether oxygens (including phenoxy) is 2. The molecule has 3 atom stereocenters. The predicted molar refractivity (Wildman–Crippen MR) is 139 cm³/mol. The van der Waals surface area contributed by atoms with Crippen molar-refractivity contribution in [1.29, 1.82) is 0 Å². The first-order valence-corrected chi connectivity index (χ1v) is 13.0. The van der Waals surface area contributed by atoms with Crippen LogP contribution in [0.4, 0.5) is 5.69 Å². The predicted octanol–water partition coefficient (Wildman–Crippen LogP) is 3.64. The highest BCUT2D eigenvalue weighted by atomic mass is 35.6. The molecule has 13 heteroatoms. The lowest BCUT2D eigenvalue weighted by atomic mass is 10.0. The molecule has 1 aromatic carbocycles. The number of para-hydroxylation sites is 1. The number of carbonyl (C=O) groups excluding carboxylic acids is 4. The number of benzene rings is 1. The largest absolute Gasteiger partial charge is 0.456 e. The molecule has 1 aromatic rings. The van der Waals surface area contributed by atoms with Crippen molar-refractivity contribution >= 4 is 76.0 Å². The Kier molecular flexibility index (Phi) is 8.75. The van der Waals surface area contributed by atoms with Crippen molar-refractivity contribution < 1.29 is 28.7 Å². The molecule has 0 radical (unpaired) electrons. The molecule has 2 unspecified atom stereocenters. The van der Waals surface area contributed by atoms with Gasteiger partial charge < -0.3 is 20.1 Å². The van der Waals surface area contributed by atoms with Crippen LogP contribution in [0.15, 0.2) is 36.0 Å². The lowest BCUT2D eigenvalue weighted by molar-refractivity contribution is -0.152. The van der Waals surface area contributed by atoms with E-state index in [2.05, 4.69) is 10.6 Å². The molecule has 36 heavy (non-hydrogen) atoms. The van der Waals surface area contributed by atoms with Crippen LogP contribution in [-0.4, -0.2) is 67.9 Å². The molecule has 2 heterocycles. The summed E-state index contributed by atoms with van der Waals surface area (Å²) >= 11 is 18.3. The number of fused-ring (bicyclic) bond motifs is 1. The lowest BCUT2D eigenvalue weighted by Gasteiger charge is -2.49. The molecule has 2 amide bonds. The quantitative estimate of drug-likeness (QED) is 0.286. The molecule has 0 bridgehead atoms. The maximum atomic E-state index is 12.8. The van der Waals surface area contributed by atoms with Crippen LogP contribution in [0.25, 0.3) is 0 Å². The Labute approximate surface area is 228 Å². The summed E-state index contributed by atoms with van der Waals surface area (Å²) in [5.74, 6) is -2.24. The Morgan fingerprint density at radius 2 is 1.78 bits per heavy atom. The summed E-state index contributed by atoms with van der Waals surface area (Å²) in [6, 6.07) is 5.82. The van der Waals surface area contributed by atoms with E-state index >= 15 is 0 Å². The molecular weight excluding hydrogens is 553 g/mol. The van der Waals surface area contributed by atoms with E-state index in [0.717, 1.165) is 0 Å². The minimum absolute atomic E-state index is 0.0420. The Bertz CT molecular complexity index is 1090. The zero-order valence-corrected chi connectivity index (χ0v) is 23.1. The molecule has 0 saturated carbocycles. The highest BCUT2D eigenvalue weighted by molar-refractivity contribution is 8.00. The number of alkyl halides is 3. The first-order chi connectivity index (χ1) is 16.7. The second-order valence-corrected chi connectivity index (χ2v) is 13.1. The first-order valence-electron chi connectivity index (χ1n) is 11.0. The van der Waals surface area contributed by atoms with E-state index in [9.17, 15) is 19.2 Å². The van der Waals surface area contributed by atoms with Gasteiger partial charge in [0.05, 0.1) is 12.1 Å². The number of amides is 2. The summed E-state index contributed by atoms with van der Waals surface area (Å²) in [7, 11) is 0. The van der Waals surface area contributed by atoms with Gasteiger partial charge in [-0.1, -0.05) is 46.9 Å². The van der Waals surface area contributed by atoms with Crippen LogP contribution in [0, 0.1) is 0 Å². The summed E-state index contributed by atoms with van der Waals surface area (Å²) < 4.78 is 8.65. The van der Waals surface area contributed by atoms with Gasteiger partial charge >= 0.3 is 11.9 Å². The fourth-order valence-corrected chi connectivity index (χ4v) is 4.98. The fourth-order valence-electron chi connectivity index (χ4n) is 3.49. The molecule has 1 fully saturated rings. The summed E-state index contributed by atoms with van der Waals surface area (Å²) in [6.07, 6.45) is 1.59. The number of thioether (sulfide) groups is 1. The van der Waals surface area contributed by atoms with E-state index in [1.165, 1.54) is 16.7 Å². The van der Waals surface area contributed by atoms with E-state index in [1.807, 2.05) is 6.92 Å². The Hall–Kier alpha value is -2.14. The SMILES string of the molecule is CC1C=C(C(=O)OCC(Cl)(Cl)Cl)N2C(=O)C(NC(=O)CNc3ccccc3C(=O)OC(C)(C)C)[C@H]2S1. The van der Waals surface area contributed by atoms with Crippen LogP contribution >= 0.6 is 46.6 Å². The molecule has 2 aliphatic rings. The van der Waals surface area contributed by atoms with E-state index in [1.54, 1.807) is 51.1 Å². The number of halogens is 3. The number of nitrogens with one attached hydrogen (secondary N) is 2. The molecule has 0 spiro atoms. The van der Waals surface area contributed by atoms with Crippen molar-refractivity contribution in [3.63, 3.8) is 0 Å². The normalized spacial score (nSPS) is 21.5. The average molecular weight is 579 g/mol. The second-order valence-electron chi connectivity index (χ2n) is 9.13. The van der Waals surface area contributed by atoms with Crippen LogP contribution < -0.4 is 10.6 Å². The van der Waals surface area contributed by atoms with Crippen molar-refractivity contribution in [3.8, 4) is 0 Å². The minimum Gasteiger partial charge on any atom is -0.456 e. The monoisotopic (exact) mass is 577 g/mol. The number of rotatable bonds is 7. The van der Waals surface area contributed by atoms with Crippen LogP contribution in [0.3, 0.4) is 0 Å². The van der Waals surface area contributed by atoms with Crippen LogP contribution in [-0.2, 0) is 23.9 Å². The van der Waals surface area contributed by atoms with Crippen LogP contribution in [0.1, 0.15) is 38.1 Å². The molecule has 196 valence electrons. The highest BCUT2D eigenvalue weighted by Gasteiger charge is 2.54. The average Bonchev–Trinajstić information content (AvgIpc) is 2.77. The zero-order chi connectivity index (χ0) is 26.8. The highest BCUT2D eigenvalue weighted by Crippen LogP contribution is 2.41. The summed E-state index contributed by atoms with van der Waals surface area (Å²) in [5, 5.41) is 4.98. The molecule has 2 aliphatic heterocycles. The Balaban J connectivity index is 1.60. The maximum Gasteiger partial charge on any atom is 0.354 e. The Morgan fingerprint density at radius 3 is 2.42 bits per heavy atom. The van der Waals surface area contributed by atoms with Gasteiger partial charge in [-0.05, 0) is 45.9 Å². The molecule has 0 aromatic heterocycles. The van der Waals surface area contributed by atoms with Crippen molar-refractivity contribution in [2.45, 2.75) is 53.8 Å². The first kappa shape index (κ1) is 28.4. The number of hydrogen-bond donors (Lipinski definition) is 2. The van der Waals surface area contributed by atoms with E-state index in [0.29, 0.717) is 5.69 Å². The van der Waals surface area contributed by atoms with Gasteiger partial charge in [0.15, 0.2) is 0 Å². The fraction of sp³-hybridized carbons (Fsp3) is 0.478. The van der Waals surface area contributed by atoms with Crippen molar-refractivity contribution in [1.82, 2.24) is 10.2 Å². The molecule has 1 saturated heterocycles. The van der Waals surface area contributed by atoms with Gasteiger partial charge in [0.25, 0.3) is 5.91 Å². The van der Waals surface area contributed by atoms with Gasteiger partial charge in [-0.2, -0.15) is 0 Å². The van der Waals surface area contributed by atoms with Gasteiger partial charge in [-0.25, -0.2) is 9.59 Å². The molecular formula is C23H26Cl3N3O6S. The Morgan fingerprint density at radius 1 is 1.11 bits per heavy atom. The lowest BCUT2D eigenvalue weighted by Crippen LogP contribution is -2.71. The summed E-state index contributed by atoms with van der Waals surface area (Å²) in [5.41, 5.74) is 0.0746. The minimum atomic E-state index is -1.78. The van der Waals surface area contributed by atoms with Crippen LogP contribution in [0.5, 0.6) is 0 Å². The van der Waals surface area contributed by atoms with E-state index in [4.69, 9.17) is 44.3 Å². The van der Waals surface area contributed by atoms with Crippen LogP contribution in [0.2, 0.25) is 0 Å². The third-order valence-electron chi connectivity index (χ3n) is 4.93. The summed E-state index contributed by atoms with van der Waals surface area (Å²) in [4.78, 5) is 51.7. The van der Waals surface area contributed by atoms with Gasteiger partial charge in [0, 0.05) is 10.9 Å². The molecule has 2 N–H and O–H groups in total.